The molecule has 0 aliphatic rings. The van der Waals surface area contributed by atoms with Crippen LogP contribution in [0.5, 0.6) is 5.75 Å². The van der Waals surface area contributed by atoms with Crippen LogP contribution in [0.2, 0.25) is 0 Å². The third-order valence-electron chi connectivity index (χ3n) is 4.43. The molecular weight excluding hydrogens is 324 g/mol. The fraction of sp³-hybridized carbons (Fsp3) is 0.632. The topological polar surface area (TPSA) is 64.4 Å². The molecule has 0 spiro atoms. The second-order valence-corrected chi connectivity index (χ2v) is 6.55. The van der Waals surface area contributed by atoms with Crippen molar-refractivity contribution >= 4 is 18.3 Å². The maximum Gasteiger partial charge on any atom is 0.227 e. The van der Waals surface area contributed by atoms with Crippen LogP contribution in [-0.2, 0) is 11.2 Å². The lowest BCUT2D eigenvalue weighted by Crippen LogP contribution is -2.45. The van der Waals surface area contributed by atoms with Gasteiger partial charge in [-0.1, -0.05) is 39.8 Å². The van der Waals surface area contributed by atoms with Crippen LogP contribution in [0.3, 0.4) is 0 Å². The van der Waals surface area contributed by atoms with Crippen LogP contribution >= 0.6 is 12.4 Å². The van der Waals surface area contributed by atoms with Crippen LogP contribution < -0.4 is 15.8 Å². The number of carbonyl (C=O) groups excluding carboxylic acids is 1. The van der Waals surface area contributed by atoms with Crippen LogP contribution in [-0.4, -0.2) is 25.6 Å². The van der Waals surface area contributed by atoms with Crippen molar-refractivity contribution in [2.75, 3.05) is 19.7 Å². The molecule has 0 fully saturated rings. The lowest BCUT2D eigenvalue weighted by Gasteiger charge is -2.28. The van der Waals surface area contributed by atoms with Crippen molar-refractivity contribution in [1.82, 2.24) is 5.32 Å². The summed E-state index contributed by atoms with van der Waals surface area (Å²) in [5.74, 6) is 1.48. The molecule has 0 saturated heterocycles. The van der Waals surface area contributed by atoms with E-state index in [0.29, 0.717) is 19.0 Å². The molecule has 5 heteroatoms. The molecule has 0 aromatic heterocycles. The summed E-state index contributed by atoms with van der Waals surface area (Å²) >= 11 is 0. The zero-order valence-electron chi connectivity index (χ0n) is 15.4. The first kappa shape index (κ1) is 22.7. The summed E-state index contributed by atoms with van der Waals surface area (Å²) in [4.78, 5) is 12.3. The SMILES string of the molecule is CCC(CC)(CN)C(=O)NCCc1ccc(OCC(C)C)cc1.Cl. The summed E-state index contributed by atoms with van der Waals surface area (Å²) in [6, 6.07) is 8.08. The highest BCUT2D eigenvalue weighted by Gasteiger charge is 2.32. The molecule has 0 heterocycles. The third kappa shape index (κ3) is 6.70. The van der Waals surface area contributed by atoms with E-state index in [-0.39, 0.29) is 18.3 Å². The summed E-state index contributed by atoms with van der Waals surface area (Å²) in [6.45, 7) is 10.1. The highest BCUT2D eigenvalue weighted by molar-refractivity contribution is 5.85. The Morgan fingerprint density at radius 2 is 1.79 bits per heavy atom. The van der Waals surface area contributed by atoms with E-state index in [0.717, 1.165) is 31.6 Å². The number of rotatable bonds is 10. The van der Waals surface area contributed by atoms with E-state index in [9.17, 15) is 4.79 Å². The van der Waals surface area contributed by atoms with Crippen molar-refractivity contribution in [1.29, 1.82) is 0 Å². The molecule has 1 amide bonds. The number of ether oxygens (including phenoxy) is 1. The van der Waals surface area contributed by atoms with Gasteiger partial charge in [-0.05, 0) is 42.9 Å². The van der Waals surface area contributed by atoms with Gasteiger partial charge in [0.05, 0.1) is 12.0 Å². The second-order valence-electron chi connectivity index (χ2n) is 6.55. The maximum atomic E-state index is 12.3. The van der Waals surface area contributed by atoms with Gasteiger partial charge in [0.25, 0.3) is 0 Å². The molecule has 1 aromatic carbocycles. The zero-order valence-corrected chi connectivity index (χ0v) is 16.2. The number of carbonyl (C=O) groups is 1. The molecule has 3 N–H and O–H groups in total. The fourth-order valence-corrected chi connectivity index (χ4v) is 2.48. The van der Waals surface area contributed by atoms with Gasteiger partial charge in [0.15, 0.2) is 0 Å². The Morgan fingerprint density at radius 3 is 2.25 bits per heavy atom. The van der Waals surface area contributed by atoms with Gasteiger partial charge < -0.3 is 15.8 Å². The Morgan fingerprint density at radius 1 is 1.21 bits per heavy atom. The quantitative estimate of drug-likeness (QED) is 0.673. The lowest BCUT2D eigenvalue weighted by molar-refractivity contribution is -0.131. The van der Waals surface area contributed by atoms with Gasteiger partial charge in [-0.15, -0.1) is 12.4 Å². The molecule has 1 rings (SSSR count). The second kappa shape index (κ2) is 11.3. The van der Waals surface area contributed by atoms with Crippen molar-refractivity contribution in [3.8, 4) is 5.75 Å². The average molecular weight is 357 g/mol. The molecule has 1 aromatic rings. The molecule has 0 aliphatic carbocycles. The molecule has 24 heavy (non-hydrogen) atoms. The van der Waals surface area contributed by atoms with Crippen molar-refractivity contribution in [2.45, 2.75) is 47.0 Å². The Bertz CT molecular complexity index is 462. The molecule has 0 radical (unpaired) electrons. The zero-order chi connectivity index (χ0) is 17.3. The molecule has 0 atom stereocenters. The Hall–Kier alpha value is -1.26. The normalized spacial score (nSPS) is 11.1. The summed E-state index contributed by atoms with van der Waals surface area (Å²) in [7, 11) is 0. The standard InChI is InChI=1S/C19H32N2O2.ClH/c1-5-19(6-2,14-20)18(22)21-12-11-16-7-9-17(10-8-16)23-13-15(3)4;/h7-10,15H,5-6,11-14,20H2,1-4H3,(H,21,22);1H. The van der Waals surface area contributed by atoms with Gasteiger partial charge >= 0.3 is 0 Å². The summed E-state index contributed by atoms with van der Waals surface area (Å²) < 4.78 is 5.67. The van der Waals surface area contributed by atoms with Gasteiger partial charge in [0.2, 0.25) is 5.91 Å². The molecule has 4 nitrogen and oxygen atoms in total. The minimum absolute atomic E-state index is 0. The monoisotopic (exact) mass is 356 g/mol. The van der Waals surface area contributed by atoms with E-state index >= 15 is 0 Å². The van der Waals surface area contributed by atoms with Gasteiger partial charge in [-0.2, -0.15) is 0 Å². The van der Waals surface area contributed by atoms with Crippen LogP contribution in [0, 0.1) is 11.3 Å². The summed E-state index contributed by atoms with van der Waals surface area (Å²) in [5.41, 5.74) is 6.57. The van der Waals surface area contributed by atoms with Crippen molar-refractivity contribution < 1.29 is 9.53 Å². The molecule has 0 aliphatic heterocycles. The number of hydrogen-bond donors (Lipinski definition) is 2. The smallest absolute Gasteiger partial charge is 0.227 e. The van der Waals surface area contributed by atoms with Crippen molar-refractivity contribution in [2.24, 2.45) is 17.1 Å². The Balaban J connectivity index is 0.00000529. The van der Waals surface area contributed by atoms with Crippen LogP contribution in [0.4, 0.5) is 0 Å². The Kier molecular flexibility index (Phi) is 10.7. The average Bonchev–Trinajstić information content (AvgIpc) is 2.56. The van der Waals surface area contributed by atoms with Crippen LogP contribution in [0.25, 0.3) is 0 Å². The minimum atomic E-state index is -0.422. The molecular formula is C19H33ClN2O2. The predicted molar refractivity (Wildman–Crippen MR) is 103 cm³/mol. The molecule has 0 saturated carbocycles. The summed E-state index contributed by atoms with van der Waals surface area (Å²) in [5, 5.41) is 3.03. The largest absolute Gasteiger partial charge is 0.493 e. The van der Waals surface area contributed by atoms with E-state index in [1.165, 1.54) is 5.56 Å². The van der Waals surface area contributed by atoms with Gasteiger partial charge in [-0.3, -0.25) is 4.79 Å². The van der Waals surface area contributed by atoms with Gasteiger partial charge in [-0.25, -0.2) is 0 Å². The maximum absolute atomic E-state index is 12.3. The highest BCUT2D eigenvalue weighted by Crippen LogP contribution is 2.24. The molecule has 0 unspecified atom stereocenters. The summed E-state index contributed by atoms with van der Waals surface area (Å²) in [6.07, 6.45) is 2.35. The first-order chi connectivity index (χ1) is 11.0. The first-order valence-corrected chi connectivity index (χ1v) is 8.67. The van der Waals surface area contributed by atoms with Crippen LogP contribution in [0.1, 0.15) is 46.1 Å². The van der Waals surface area contributed by atoms with E-state index in [1.807, 2.05) is 26.0 Å². The number of amides is 1. The number of hydrogen-bond acceptors (Lipinski definition) is 3. The highest BCUT2D eigenvalue weighted by atomic mass is 35.5. The predicted octanol–water partition coefficient (Wildman–Crippen LogP) is 3.57. The molecule has 0 bridgehead atoms. The Labute approximate surface area is 152 Å². The molecule has 138 valence electrons. The van der Waals surface area contributed by atoms with Gasteiger partial charge in [0.1, 0.15) is 5.75 Å². The fourth-order valence-electron chi connectivity index (χ4n) is 2.48. The van der Waals surface area contributed by atoms with Crippen molar-refractivity contribution in [3.05, 3.63) is 29.8 Å². The van der Waals surface area contributed by atoms with Crippen LogP contribution in [0.15, 0.2) is 24.3 Å². The lowest BCUT2D eigenvalue weighted by atomic mass is 9.81. The third-order valence-corrected chi connectivity index (χ3v) is 4.43. The number of nitrogens with one attached hydrogen (secondary N) is 1. The number of benzene rings is 1. The van der Waals surface area contributed by atoms with E-state index in [2.05, 4.69) is 31.3 Å². The van der Waals surface area contributed by atoms with E-state index in [1.54, 1.807) is 0 Å². The number of halogens is 1. The van der Waals surface area contributed by atoms with E-state index < -0.39 is 5.41 Å². The first-order valence-electron chi connectivity index (χ1n) is 8.67. The number of nitrogens with two attached hydrogens (primary N) is 1. The van der Waals surface area contributed by atoms with E-state index in [4.69, 9.17) is 10.5 Å². The van der Waals surface area contributed by atoms with Crippen molar-refractivity contribution in [3.63, 3.8) is 0 Å². The van der Waals surface area contributed by atoms with Gasteiger partial charge in [0, 0.05) is 13.1 Å². The minimum Gasteiger partial charge on any atom is -0.493 e.